The van der Waals surface area contributed by atoms with Crippen LogP contribution in [0.15, 0.2) is 54.7 Å². The largest absolute Gasteiger partial charge is 0.326 e. The Morgan fingerprint density at radius 1 is 1.00 bits per heavy atom. The molecule has 0 unspecified atom stereocenters. The van der Waals surface area contributed by atoms with E-state index in [9.17, 15) is 13.6 Å². The normalized spacial score (nSPS) is 25.9. The van der Waals surface area contributed by atoms with Crippen LogP contribution >= 0.6 is 0 Å². The quantitative estimate of drug-likeness (QED) is 0.611. The third-order valence-corrected chi connectivity index (χ3v) is 6.78. The number of halogens is 2. The smallest absolute Gasteiger partial charge is 0.228 e. The first-order valence-electron chi connectivity index (χ1n) is 10.1. The number of carbonyl (C=O) groups excluding carboxylic acids is 1. The van der Waals surface area contributed by atoms with Gasteiger partial charge in [0, 0.05) is 23.2 Å². The number of hydrogen-bond donors (Lipinski definition) is 1. The minimum Gasteiger partial charge on any atom is -0.326 e. The molecule has 1 aromatic heterocycles. The van der Waals surface area contributed by atoms with Gasteiger partial charge in [0.1, 0.15) is 11.6 Å². The Labute approximate surface area is 168 Å². The zero-order valence-electron chi connectivity index (χ0n) is 16.0. The molecule has 2 aromatic carbocycles. The highest BCUT2D eigenvalue weighted by Gasteiger charge is 2.58. The Morgan fingerprint density at radius 3 is 2.48 bits per heavy atom. The number of amides is 1. The molecule has 148 valence electrons. The molecule has 2 saturated carbocycles. The highest BCUT2D eigenvalue weighted by molar-refractivity contribution is 5.95. The number of rotatable bonds is 3. The Balaban J connectivity index is 1.26. The van der Waals surface area contributed by atoms with E-state index in [0.29, 0.717) is 11.6 Å². The Kier molecular flexibility index (Phi) is 4.34. The third-order valence-electron chi connectivity index (χ3n) is 6.78. The number of nitrogens with one attached hydrogen (secondary N) is 1. The summed E-state index contributed by atoms with van der Waals surface area (Å²) < 4.78 is 26.8. The van der Waals surface area contributed by atoms with Crippen molar-refractivity contribution in [2.45, 2.75) is 38.0 Å². The summed E-state index contributed by atoms with van der Waals surface area (Å²) in [6, 6.07) is 12.7. The Morgan fingerprint density at radius 2 is 1.72 bits per heavy atom. The van der Waals surface area contributed by atoms with E-state index in [1.165, 1.54) is 18.2 Å². The molecular weight excluding hydrogens is 370 g/mol. The first kappa shape index (κ1) is 18.2. The average molecular weight is 392 g/mol. The second kappa shape index (κ2) is 6.90. The molecule has 0 bridgehead atoms. The molecule has 1 N–H and O–H groups in total. The fourth-order valence-electron chi connectivity index (χ4n) is 5.03. The van der Waals surface area contributed by atoms with Crippen molar-refractivity contribution >= 4 is 22.5 Å². The van der Waals surface area contributed by atoms with Crippen LogP contribution in [-0.4, -0.2) is 10.9 Å². The van der Waals surface area contributed by atoms with E-state index in [4.69, 9.17) is 0 Å². The Hall–Kier alpha value is -2.82. The van der Waals surface area contributed by atoms with Crippen LogP contribution in [0.1, 0.15) is 43.6 Å². The maximum Gasteiger partial charge on any atom is 0.228 e. The Bertz CT molecular complexity index is 1070. The number of nitrogens with zero attached hydrogens (tertiary/aromatic N) is 1. The first-order valence-corrected chi connectivity index (χ1v) is 10.1. The SMILES string of the molecule is O=C(Nc1ccc(F)cc1)[C@H]1CC12CCC(c1ccnc3ccc(F)cc13)CC2. The van der Waals surface area contributed by atoms with Gasteiger partial charge in [-0.15, -0.1) is 0 Å². The molecular formula is C24H22F2N2O. The summed E-state index contributed by atoms with van der Waals surface area (Å²) in [7, 11) is 0. The highest BCUT2D eigenvalue weighted by atomic mass is 19.1. The molecule has 3 nitrogen and oxygen atoms in total. The van der Waals surface area contributed by atoms with E-state index in [1.54, 1.807) is 30.5 Å². The van der Waals surface area contributed by atoms with Crippen molar-refractivity contribution in [1.82, 2.24) is 4.98 Å². The summed E-state index contributed by atoms with van der Waals surface area (Å²) >= 11 is 0. The molecule has 0 aliphatic heterocycles. The predicted molar refractivity (Wildman–Crippen MR) is 108 cm³/mol. The lowest BCUT2D eigenvalue weighted by molar-refractivity contribution is -0.118. The van der Waals surface area contributed by atoms with Gasteiger partial charge in [0.2, 0.25) is 5.91 Å². The van der Waals surface area contributed by atoms with Crippen LogP contribution in [0.5, 0.6) is 0 Å². The van der Waals surface area contributed by atoms with Crippen LogP contribution < -0.4 is 5.32 Å². The molecule has 1 heterocycles. The molecule has 0 saturated heterocycles. The standard InChI is InChI=1S/C24H22F2N2O/c25-16-1-4-18(5-2-16)28-23(29)21-14-24(21)10-7-15(8-11-24)19-9-12-27-22-6-3-17(26)13-20(19)22/h1-6,9,12-13,15,21H,7-8,10-11,14H2,(H,28,29)/t15?,21-,24?/m1/s1. The van der Waals surface area contributed by atoms with Gasteiger partial charge in [-0.3, -0.25) is 9.78 Å². The van der Waals surface area contributed by atoms with Crippen LogP contribution in [-0.2, 0) is 4.79 Å². The van der Waals surface area contributed by atoms with E-state index in [1.807, 2.05) is 6.07 Å². The van der Waals surface area contributed by atoms with Gasteiger partial charge in [0.15, 0.2) is 0 Å². The number of aromatic nitrogens is 1. The molecule has 2 fully saturated rings. The van der Waals surface area contributed by atoms with Crippen LogP contribution in [0.2, 0.25) is 0 Å². The molecule has 5 rings (SSSR count). The third kappa shape index (κ3) is 3.39. The van der Waals surface area contributed by atoms with Gasteiger partial charge >= 0.3 is 0 Å². The van der Waals surface area contributed by atoms with Crippen LogP contribution in [0.3, 0.4) is 0 Å². The van der Waals surface area contributed by atoms with Crippen LogP contribution in [0.25, 0.3) is 10.9 Å². The van der Waals surface area contributed by atoms with E-state index >= 15 is 0 Å². The van der Waals surface area contributed by atoms with Crippen LogP contribution in [0, 0.1) is 23.0 Å². The monoisotopic (exact) mass is 392 g/mol. The summed E-state index contributed by atoms with van der Waals surface area (Å²) in [5, 5.41) is 3.82. The summed E-state index contributed by atoms with van der Waals surface area (Å²) in [5.41, 5.74) is 2.72. The second-order valence-corrected chi connectivity index (χ2v) is 8.45. The van der Waals surface area contributed by atoms with E-state index in [2.05, 4.69) is 10.3 Å². The van der Waals surface area contributed by atoms with Gasteiger partial charge in [0.25, 0.3) is 0 Å². The van der Waals surface area contributed by atoms with Gasteiger partial charge in [0.05, 0.1) is 5.52 Å². The molecule has 3 aromatic rings. The van der Waals surface area contributed by atoms with E-state index in [0.717, 1.165) is 48.6 Å². The highest BCUT2D eigenvalue weighted by Crippen LogP contribution is 2.63. The van der Waals surface area contributed by atoms with Gasteiger partial charge in [-0.1, -0.05) is 0 Å². The molecule has 1 atom stereocenters. The van der Waals surface area contributed by atoms with Crippen molar-refractivity contribution in [1.29, 1.82) is 0 Å². The fourth-order valence-corrected chi connectivity index (χ4v) is 5.03. The molecule has 5 heteroatoms. The minimum absolute atomic E-state index is 0.0279. The summed E-state index contributed by atoms with van der Waals surface area (Å²) in [4.78, 5) is 17.0. The maximum absolute atomic E-state index is 13.8. The molecule has 1 spiro atoms. The predicted octanol–water partition coefficient (Wildman–Crippen LogP) is 5.82. The minimum atomic E-state index is -0.312. The van der Waals surface area contributed by atoms with Crippen molar-refractivity contribution in [3.8, 4) is 0 Å². The van der Waals surface area contributed by atoms with Crippen molar-refractivity contribution in [3.05, 3.63) is 71.9 Å². The number of hydrogen-bond acceptors (Lipinski definition) is 2. The second-order valence-electron chi connectivity index (χ2n) is 8.45. The van der Waals surface area contributed by atoms with Gasteiger partial charge in [-0.25, -0.2) is 8.78 Å². The average Bonchev–Trinajstić information content (AvgIpc) is 3.43. The summed E-state index contributed by atoms with van der Waals surface area (Å²) in [6.07, 6.45) is 6.71. The lowest BCUT2D eigenvalue weighted by Crippen LogP contribution is -2.22. The molecule has 1 amide bonds. The number of benzene rings is 2. The zero-order chi connectivity index (χ0) is 20.0. The van der Waals surface area contributed by atoms with Crippen molar-refractivity contribution in [2.75, 3.05) is 5.32 Å². The topological polar surface area (TPSA) is 42.0 Å². The lowest BCUT2D eigenvalue weighted by Gasteiger charge is -2.30. The number of pyridine rings is 1. The van der Waals surface area contributed by atoms with E-state index < -0.39 is 0 Å². The molecule has 2 aliphatic carbocycles. The van der Waals surface area contributed by atoms with Crippen molar-refractivity contribution in [2.24, 2.45) is 11.3 Å². The maximum atomic E-state index is 13.8. The van der Waals surface area contributed by atoms with Gasteiger partial charge in [-0.05, 0) is 97.5 Å². The molecule has 2 aliphatic rings. The number of carbonyl (C=O) groups is 1. The van der Waals surface area contributed by atoms with Crippen LogP contribution in [0.4, 0.5) is 14.5 Å². The van der Waals surface area contributed by atoms with Crippen molar-refractivity contribution in [3.63, 3.8) is 0 Å². The zero-order valence-corrected chi connectivity index (χ0v) is 16.0. The van der Waals surface area contributed by atoms with Crippen molar-refractivity contribution < 1.29 is 13.6 Å². The fraction of sp³-hybridized carbons (Fsp3) is 0.333. The summed E-state index contributed by atoms with van der Waals surface area (Å²) in [5.74, 6) is -0.118. The van der Waals surface area contributed by atoms with E-state index in [-0.39, 0.29) is 28.9 Å². The first-order chi connectivity index (χ1) is 14.0. The van der Waals surface area contributed by atoms with Gasteiger partial charge < -0.3 is 5.32 Å². The molecule has 0 radical (unpaired) electrons. The molecule has 29 heavy (non-hydrogen) atoms. The summed E-state index contributed by atoms with van der Waals surface area (Å²) in [6.45, 7) is 0. The number of anilines is 1. The van der Waals surface area contributed by atoms with Gasteiger partial charge in [-0.2, -0.15) is 0 Å². The number of fused-ring (bicyclic) bond motifs is 1. The lowest BCUT2D eigenvalue weighted by atomic mass is 9.75.